The zero-order valence-electron chi connectivity index (χ0n) is 27.8. The summed E-state index contributed by atoms with van der Waals surface area (Å²) >= 11 is 25.7. The number of halogens is 4. The first kappa shape index (κ1) is 37.6. The van der Waals surface area contributed by atoms with E-state index in [1.54, 1.807) is 48.5 Å². The molecule has 2 atom stereocenters. The van der Waals surface area contributed by atoms with Crippen LogP contribution >= 0.6 is 46.4 Å². The quantitative estimate of drug-likeness (QED) is 0.154. The van der Waals surface area contributed by atoms with Gasteiger partial charge in [-0.1, -0.05) is 77.1 Å². The lowest BCUT2D eigenvalue weighted by Crippen LogP contribution is -2.31. The van der Waals surface area contributed by atoms with Crippen molar-refractivity contribution in [2.24, 2.45) is 0 Å². The van der Waals surface area contributed by atoms with Gasteiger partial charge in [0, 0.05) is 64.7 Å². The molecular formula is C37H39Cl4N3O4S2. The molecule has 0 aliphatic carbocycles. The van der Waals surface area contributed by atoms with Crippen LogP contribution in [0.25, 0.3) is 0 Å². The Balaban J connectivity index is 1.05. The predicted molar refractivity (Wildman–Crippen MR) is 203 cm³/mol. The molecule has 2 unspecified atom stereocenters. The number of fused-ring (bicyclic) bond motifs is 2. The van der Waals surface area contributed by atoms with Crippen molar-refractivity contribution < 1.29 is 16.8 Å². The van der Waals surface area contributed by atoms with E-state index in [4.69, 9.17) is 46.4 Å². The summed E-state index contributed by atoms with van der Waals surface area (Å²) in [6.07, 6.45) is 1.45. The Bertz CT molecular complexity index is 1980. The number of hydrogen-bond donors (Lipinski definition) is 1. The second-order valence-corrected chi connectivity index (χ2v) is 18.9. The van der Waals surface area contributed by atoms with Crippen molar-refractivity contribution >= 4 is 66.3 Å². The fourth-order valence-corrected chi connectivity index (χ4v) is 10.8. The number of benzene rings is 4. The first-order valence-corrected chi connectivity index (χ1v) is 21.1. The number of rotatable bonds is 11. The van der Waals surface area contributed by atoms with Crippen LogP contribution in [0, 0.1) is 0 Å². The van der Waals surface area contributed by atoms with Crippen LogP contribution in [0.15, 0.2) is 82.6 Å². The number of sulfone groups is 1. The van der Waals surface area contributed by atoms with Crippen molar-refractivity contribution in [3.05, 3.63) is 126 Å². The van der Waals surface area contributed by atoms with Gasteiger partial charge < -0.3 is 9.80 Å². The van der Waals surface area contributed by atoms with E-state index >= 15 is 0 Å². The Morgan fingerprint density at radius 1 is 0.660 bits per heavy atom. The van der Waals surface area contributed by atoms with Crippen molar-refractivity contribution in [1.29, 1.82) is 0 Å². The molecule has 4 aromatic carbocycles. The number of likely N-dealkylation sites (N-methyl/N-ethyl adjacent to an activating group) is 2. The van der Waals surface area contributed by atoms with Gasteiger partial charge in [0.1, 0.15) is 0 Å². The largest absolute Gasteiger partial charge is 0.301 e. The average Bonchev–Trinajstić information content (AvgIpc) is 3.06. The Morgan fingerprint density at radius 3 is 1.70 bits per heavy atom. The summed E-state index contributed by atoms with van der Waals surface area (Å²) in [5.74, 6) is -0.190. The maximum Gasteiger partial charge on any atom is 0.240 e. The molecule has 13 heteroatoms. The first-order valence-electron chi connectivity index (χ1n) is 16.5. The molecule has 7 nitrogen and oxygen atoms in total. The summed E-state index contributed by atoms with van der Waals surface area (Å²) in [5.41, 5.74) is 5.78. The van der Waals surface area contributed by atoms with E-state index in [1.807, 2.05) is 38.4 Å². The molecule has 1 N–H and O–H groups in total. The molecule has 0 saturated heterocycles. The van der Waals surface area contributed by atoms with Gasteiger partial charge in [-0.25, -0.2) is 21.6 Å². The van der Waals surface area contributed by atoms with E-state index in [0.29, 0.717) is 65.5 Å². The van der Waals surface area contributed by atoms with Gasteiger partial charge in [0.15, 0.2) is 9.84 Å². The fourth-order valence-electron chi connectivity index (χ4n) is 7.09. The highest BCUT2D eigenvalue weighted by atomic mass is 35.5. The molecule has 0 aromatic heterocycles. The van der Waals surface area contributed by atoms with E-state index in [2.05, 4.69) is 14.5 Å². The topological polar surface area (TPSA) is 86.8 Å². The molecule has 2 aliphatic rings. The van der Waals surface area contributed by atoms with E-state index in [-0.39, 0.29) is 33.9 Å². The molecule has 0 bridgehead atoms. The van der Waals surface area contributed by atoms with Crippen LogP contribution in [0.5, 0.6) is 0 Å². The number of nitrogens with one attached hydrogen (secondary N) is 1. The SMILES string of the molecule is CN1Cc2c(Cl)cc(Cl)cc2C(c2cccc(S(=O)(=O)CCCCCNS(=O)(=O)c3cccc(C4CN(C)Cc5c(Cl)cc(Cl)cc54)c3)c2)C1. The lowest BCUT2D eigenvalue weighted by Gasteiger charge is -2.33. The lowest BCUT2D eigenvalue weighted by molar-refractivity contribution is 0.295. The van der Waals surface area contributed by atoms with Gasteiger partial charge in [0.25, 0.3) is 0 Å². The molecule has 0 saturated carbocycles. The summed E-state index contributed by atoms with van der Waals surface area (Å²) in [6, 6.07) is 21.4. The first-order chi connectivity index (χ1) is 23.7. The van der Waals surface area contributed by atoms with Crippen LogP contribution in [0.4, 0.5) is 0 Å². The minimum Gasteiger partial charge on any atom is -0.301 e. The third kappa shape index (κ3) is 8.38. The van der Waals surface area contributed by atoms with E-state index in [1.165, 1.54) is 0 Å². The Morgan fingerprint density at radius 2 is 1.16 bits per heavy atom. The van der Waals surface area contributed by atoms with Gasteiger partial charge >= 0.3 is 0 Å². The number of sulfonamides is 1. The second-order valence-electron chi connectivity index (χ2n) is 13.3. The van der Waals surface area contributed by atoms with Crippen LogP contribution in [0.3, 0.4) is 0 Å². The molecule has 0 radical (unpaired) electrons. The highest BCUT2D eigenvalue weighted by molar-refractivity contribution is 7.91. The minimum atomic E-state index is -3.79. The smallest absolute Gasteiger partial charge is 0.240 e. The van der Waals surface area contributed by atoms with Crippen LogP contribution in [0.2, 0.25) is 20.1 Å². The third-order valence-electron chi connectivity index (χ3n) is 9.56. The van der Waals surface area contributed by atoms with Gasteiger partial charge in [-0.15, -0.1) is 0 Å². The summed E-state index contributed by atoms with van der Waals surface area (Å²) in [6.45, 7) is 2.99. The maximum absolute atomic E-state index is 13.4. The van der Waals surface area contributed by atoms with Gasteiger partial charge in [0.05, 0.1) is 15.5 Å². The monoisotopic (exact) mass is 793 g/mol. The molecule has 266 valence electrons. The van der Waals surface area contributed by atoms with Crippen molar-refractivity contribution in [3.63, 3.8) is 0 Å². The predicted octanol–water partition coefficient (Wildman–Crippen LogP) is 8.38. The van der Waals surface area contributed by atoms with Crippen LogP contribution in [-0.4, -0.2) is 66.1 Å². The van der Waals surface area contributed by atoms with Crippen LogP contribution in [-0.2, 0) is 33.0 Å². The molecular weight excluding hydrogens is 756 g/mol. The van der Waals surface area contributed by atoms with Crippen LogP contribution < -0.4 is 4.72 Å². The summed E-state index contributed by atoms with van der Waals surface area (Å²) < 4.78 is 56.0. The lowest BCUT2D eigenvalue weighted by atomic mass is 9.85. The highest BCUT2D eigenvalue weighted by Gasteiger charge is 2.30. The van der Waals surface area contributed by atoms with E-state index in [9.17, 15) is 16.8 Å². The van der Waals surface area contributed by atoms with Gasteiger partial charge in [0.2, 0.25) is 10.0 Å². The number of nitrogens with zero attached hydrogens (tertiary/aromatic N) is 2. The molecule has 6 rings (SSSR count). The summed E-state index contributed by atoms with van der Waals surface area (Å²) in [7, 11) is -3.32. The summed E-state index contributed by atoms with van der Waals surface area (Å²) in [4.78, 5) is 4.77. The van der Waals surface area contributed by atoms with Gasteiger partial charge in [-0.05, 0) is 109 Å². The Hall–Kier alpha value is -2.18. The number of unbranched alkanes of at least 4 members (excludes halogenated alkanes) is 2. The van der Waals surface area contributed by atoms with Crippen molar-refractivity contribution in [3.8, 4) is 0 Å². The van der Waals surface area contributed by atoms with Gasteiger partial charge in [-0.3, -0.25) is 0 Å². The molecule has 50 heavy (non-hydrogen) atoms. The fraction of sp³-hybridized carbons (Fsp3) is 0.351. The standard InChI is InChI=1S/C37H39Cl4N3O4S2/c1-43-20-32(30-16-26(38)18-36(40)34(30)22-43)24-8-6-10-28(14-24)49(45,46)13-5-3-4-12-42-50(47,48)29-11-7-9-25(15-29)33-21-44(2)23-35-31(33)17-27(39)19-37(35)41/h6-11,14-19,32-33,42H,3-5,12-13,20-23H2,1-2H3. The highest BCUT2D eigenvalue weighted by Crippen LogP contribution is 2.40. The zero-order valence-corrected chi connectivity index (χ0v) is 32.5. The van der Waals surface area contributed by atoms with Crippen LogP contribution in [0.1, 0.15) is 64.5 Å². The van der Waals surface area contributed by atoms with Gasteiger partial charge in [-0.2, -0.15) is 0 Å². The molecule has 2 aliphatic heterocycles. The van der Waals surface area contributed by atoms with Crippen molar-refractivity contribution in [1.82, 2.24) is 14.5 Å². The van der Waals surface area contributed by atoms with E-state index in [0.717, 1.165) is 33.4 Å². The molecule has 0 amide bonds. The average molecular weight is 796 g/mol. The summed E-state index contributed by atoms with van der Waals surface area (Å²) in [5, 5.41) is 2.31. The Labute approximate surface area is 315 Å². The molecule has 2 heterocycles. The van der Waals surface area contributed by atoms with Crippen molar-refractivity contribution in [2.45, 2.75) is 54.0 Å². The maximum atomic E-state index is 13.4. The third-order valence-corrected chi connectivity index (χ3v) is 13.9. The normalized spacial score (nSPS) is 18.5. The minimum absolute atomic E-state index is 0.0323. The molecule has 0 spiro atoms. The zero-order chi connectivity index (χ0) is 35.8. The van der Waals surface area contributed by atoms with E-state index < -0.39 is 19.9 Å². The second kappa shape index (κ2) is 15.4. The van der Waals surface area contributed by atoms with Crippen molar-refractivity contribution in [2.75, 3.05) is 39.5 Å². The molecule has 4 aromatic rings. The number of hydrogen-bond acceptors (Lipinski definition) is 6. The Kier molecular flexibility index (Phi) is 11.6. The molecule has 0 fully saturated rings.